The molecule has 0 aliphatic carbocycles. The maximum absolute atomic E-state index is 10.9. The van der Waals surface area contributed by atoms with Crippen molar-refractivity contribution in [3.05, 3.63) is 29.3 Å². The number of carbonyl (C=O) groups excluding carboxylic acids is 1. The molecule has 68 valence electrons. The second-order valence-corrected chi connectivity index (χ2v) is 2.62. The lowest BCUT2D eigenvalue weighted by Crippen LogP contribution is -2.12. The van der Waals surface area contributed by atoms with Crippen molar-refractivity contribution in [2.75, 3.05) is 5.32 Å². The molecule has 4 nitrogen and oxygen atoms in total. The lowest BCUT2D eigenvalue weighted by molar-refractivity contribution is -0.110. The lowest BCUT2D eigenvalue weighted by atomic mass is 10.3. The number of hydrogen-bond acceptors (Lipinski definition) is 3. The van der Waals surface area contributed by atoms with Gasteiger partial charge in [0.25, 0.3) is 5.91 Å². The van der Waals surface area contributed by atoms with Crippen LogP contribution in [0.5, 0.6) is 0 Å². The zero-order valence-corrected chi connectivity index (χ0v) is 7.32. The molecule has 1 rings (SSSR count). The Balaban J connectivity index is 2.74. The first-order chi connectivity index (χ1) is 6.24. The van der Waals surface area contributed by atoms with Crippen molar-refractivity contribution < 1.29 is 10.0 Å². The second kappa shape index (κ2) is 4.47. The van der Waals surface area contributed by atoms with E-state index in [-0.39, 0.29) is 0 Å². The zero-order valence-electron chi connectivity index (χ0n) is 6.57. The van der Waals surface area contributed by atoms with Gasteiger partial charge >= 0.3 is 0 Å². The van der Waals surface area contributed by atoms with Crippen LogP contribution in [0.3, 0.4) is 0 Å². The van der Waals surface area contributed by atoms with E-state index in [2.05, 4.69) is 10.5 Å². The van der Waals surface area contributed by atoms with Crippen LogP contribution in [0.1, 0.15) is 0 Å². The van der Waals surface area contributed by atoms with E-state index >= 15 is 0 Å². The highest BCUT2D eigenvalue weighted by Crippen LogP contribution is 2.19. The fraction of sp³-hybridized carbons (Fsp3) is 0. The molecule has 13 heavy (non-hydrogen) atoms. The van der Waals surface area contributed by atoms with E-state index in [1.54, 1.807) is 24.3 Å². The number of amides is 1. The van der Waals surface area contributed by atoms with Gasteiger partial charge < -0.3 is 10.5 Å². The van der Waals surface area contributed by atoms with Crippen LogP contribution in [-0.4, -0.2) is 17.3 Å². The number of rotatable bonds is 2. The van der Waals surface area contributed by atoms with Gasteiger partial charge in [-0.15, -0.1) is 0 Å². The van der Waals surface area contributed by atoms with Crippen LogP contribution in [0, 0.1) is 0 Å². The number of halogens is 1. The highest BCUT2D eigenvalue weighted by molar-refractivity contribution is 6.36. The maximum Gasteiger partial charge on any atom is 0.270 e. The molecule has 1 aromatic rings. The smallest absolute Gasteiger partial charge is 0.270 e. The molecule has 0 unspecified atom stereocenters. The molecular formula is C8H7ClN2O2. The molecule has 2 N–H and O–H groups in total. The van der Waals surface area contributed by atoms with E-state index in [1.165, 1.54) is 0 Å². The summed E-state index contributed by atoms with van der Waals surface area (Å²) in [6.45, 7) is 0. The van der Waals surface area contributed by atoms with Crippen LogP contribution < -0.4 is 5.32 Å². The fourth-order valence-corrected chi connectivity index (χ4v) is 0.963. The molecule has 1 aromatic carbocycles. The monoisotopic (exact) mass is 198 g/mol. The Kier molecular flexibility index (Phi) is 3.28. The number of oxime groups is 1. The standard InChI is InChI=1S/C8H7ClN2O2/c9-6-3-1-2-4-7(6)11-8(12)5-10-13/h1-5,13H,(H,11,12)/b10-5-. The van der Waals surface area contributed by atoms with Crippen molar-refractivity contribution in [1.82, 2.24) is 0 Å². The summed E-state index contributed by atoms with van der Waals surface area (Å²) in [5.74, 6) is -0.532. The Bertz CT molecular complexity index is 339. The Hall–Kier alpha value is -1.55. The molecule has 5 heteroatoms. The number of anilines is 1. The van der Waals surface area contributed by atoms with Gasteiger partial charge in [0.15, 0.2) is 0 Å². The Morgan fingerprint density at radius 1 is 1.54 bits per heavy atom. The van der Waals surface area contributed by atoms with Gasteiger partial charge in [-0.05, 0) is 12.1 Å². The minimum atomic E-state index is -0.532. The van der Waals surface area contributed by atoms with E-state index in [4.69, 9.17) is 16.8 Å². The van der Waals surface area contributed by atoms with Crippen LogP contribution in [0.15, 0.2) is 29.4 Å². The predicted molar refractivity (Wildman–Crippen MR) is 50.4 cm³/mol. The van der Waals surface area contributed by atoms with Crippen LogP contribution in [0.25, 0.3) is 0 Å². The minimum Gasteiger partial charge on any atom is -0.411 e. The number of hydrogen-bond donors (Lipinski definition) is 2. The highest BCUT2D eigenvalue weighted by atomic mass is 35.5. The Labute approximate surface area is 79.8 Å². The van der Waals surface area contributed by atoms with Gasteiger partial charge in [-0.25, -0.2) is 0 Å². The minimum absolute atomic E-state index is 0.433. The average Bonchev–Trinajstić information content (AvgIpc) is 2.09. The second-order valence-electron chi connectivity index (χ2n) is 2.21. The van der Waals surface area contributed by atoms with E-state index in [1.807, 2.05) is 0 Å². The quantitative estimate of drug-likeness (QED) is 0.432. The summed E-state index contributed by atoms with van der Waals surface area (Å²) >= 11 is 5.75. The van der Waals surface area contributed by atoms with E-state index < -0.39 is 5.91 Å². The summed E-state index contributed by atoms with van der Waals surface area (Å²) in [7, 11) is 0. The van der Waals surface area contributed by atoms with E-state index in [9.17, 15) is 4.79 Å². The first kappa shape index (κ1) is 9.54. The van der Waals surface area contributed by atoms with Gasteiger partial charge in [0.2, 0.25) is 0 Å². The first-order valence-corrected chi connectivity index (χ1v) is 3.85. The van der Waals surface area contributed by atoms with Crippen molar-refractivity contribution >= 4 is 29.4 Å². The van der Waals surface area contributed by atoms with Crippen molar-refractivity contribution in [1.29, 1.82) is 0 Å². The zero-order chi connectivity index (χ0) is 9.68. The molecule has 0 saturated heterocycles. The molecule has 0 fully saturated rings. The Morgan fingerprint density at radius 3 is 2.85 bits per heavy atom. The molecule has 0 heterocycles. The molecule has 0 aliphatic heterocycles. The number of para-hydroxylation sites is 1. The molecule has 0 aromatic heterocycles. The summed E-state index contributed by atoms with van der Waals surface area (Å²) in [4.78, 5) is 10.9. The molecule has 0 saturated carbocycles. The summed E-state index contributed by atoms with van der Waals surface area (Å²) < 4.78 is 0. The third-order valence-corrected chi connectivity index (χ3v) is 1.64. The SMILES string of the molecule is O=C(/C=N\O)Nc1ccccc1Cl. The molecule has 0 radical (unpaired) electrons. The third kappa shape index (κ3) is 2.76. The van der Waals surface area contributed by atoms with Gasteiger partial charge in [0, 0.05) is 0 Å². The first-order valence-electron chi connectivity index (χ1n) is 3.47. The van der Waals surface area contributed by atoms with Gasteiger partial charge in [-0.2, -0.15) is 0 Å². The Morgan fingerprint density at radius 2 is 2.23 bits per heavy atom. The van der Waals surface area contributed by atoms with Crippen LogP contribution in [0.4, 0.5) is 5.69 Å². The van der Waals surface area contributed by atoms with Crippen molar-refractivity contribution in [2.45, 2.75) is 0 Å². The number of nitrogens with one attached hydrogen (secondary N) is 1. The third-order valence-electron chi connectivity index (χ3n) is 1.31. The summed E-state index contributed by atoms with van der Waals surface area (Å²) in [5.41, 5.74) is 0.481. The summed E-state index contributed by atoms with van der Waals surface area (Å²) in [5, 5.41) is 13.5. The van der Waals surface area contributed by atoms with Crippen LogP contribution >= 0.6 is 11.6 Å². The fourth-order valence-electron chi connectivity index (χ4n) is 0.780. The normalized spacial score (nSPS) is 10.2. The van der Waals surface area contributed by atoms with Crippen molar-refractivity contribution in [3.8, 4) is 0 Å². The van der Waals surface area contributed by atoms with Crippen molar-refractivity contribution in [2.24, 2.45) is 5.16 Å². The predicted octanol–water partition coefficient (Wildman–Crippen LogP) is 1.74. The molecule has 1 amide bonds. The van der Waals surface area contributed by atoms with Gasteiger partial charge in [0.1, 0.15) is 6.21 Å². The van der Waals surface area contributed by atoms with Crippen molar-refractivity contribution in [3.63, 3.8) is 0 Å². The van der Waals surface area contributed by atoms with Crippen LogP contribution in [-0.2, 0) is 4.79 Å². The van der Waals surface area contributed by atoms with Gasteiger partial charge in [0.05, 0.1) is 10.7 Å². The average molecular weight is 199 g/mol. The number of carbonyl (C=O) groups is 1. The number of benzene rings is 1. The van der Waals surface area contributed by atoms with Crippen LogP contribution in [0.2, 0.25) is 5.02 Å². The topological polar surface area (TPSA) is 61.7 Å². The summed E-state index contributed by atoms with van der Waals surface area (Å²) in [6, 6.07) is 6.77. The van der Waals surface area contributed by atoms with E-state index in [0.717, 1.165) is 6.21 Å². The molecule has 0 bridgehead atoms. The van der Waals surface area contributed by atoms with E-state index in [0.29, 0.717) is 10.7 Å². The molecule has 0 atom stereocenters. The van der Waals surface area contributed by atoms with Gasteiger partial charge in [-0.1, -0.05) is 28.9 Å². The summed E-state index contributed by atoms with van der Waals surface area (Å²) in [6.07, 6.45) is 0.753. The lowest BCUT2D eigenvalue weighted by Gasteiger charge is -2.02. The maximum atomic E-state index is 10.9. The van der Waals surface area contributed by atoms with Gasteiger partial charge in [-0.3, -0.25) is 4.79 Å². The molecule has 0 spiro atoms. The molecular weight excluding hydrogens is 192 g/mol. The number of nitrogens with zero attached hydrogens (tertiary/aromatic N) is 1. The largest absolute Gasteiger partial charge is 0.411 e. The molecule has 0 aliphatic rings. The highest BCUT2D eigenvalue weighted by Gasteiger charge is 2.01.